The first-order valence-electron chi connectivity index (χ1n) is 34.8. The maximum Gasteiger partial charge on any atom is 0.240 e. The van der Waals surface area contributed by atoms with Crippen molar-refractivity contribution in [2.45, 2.75) is 129 Å². The van der Waals surface area contributed by atoms with E-state index in [1.807, 2.05) is 16.7 Å². The van der Waals surface area contributed by atoms with Crippen molar-refractivity contribution in [3.05, 3.63) is 194 Å². The number of ether oxygens (including phenoxy) is 2. The fourth-order valence-electron chi connectivity index (χ4n) is 15.4. The minimum atomic E-state index is -1.21. The fraction of sp³-hybridized carbons (Fsp3) is 0.385. The molecule has 7 N–H and O–H groups in total. The van der Waals surface area contributed by atoms with Crippen LogP contribution in [0.15, 0.2) is 119 Å². The molecule has 4 aliphatic carbocycles. The van der Waals surface area contributed by atoms with Crippen molar-refractivity contribution in [2.75, 3.05) is 32.8 Å². The van der Waals surface area contributed by atoms with Crippen LogP contribution in [0.1, 0.15) is 124 Å². The maximum atomic E-state index is 15.2. The number of fused-ring (bicyclic) bond motifs is 4. The maximum absolute atomic E-state index is 15.2. The molecule has 30 heteroatoms. The van der Waals surface area contributed by atoms with E-state index in [9.17, 15) is 31.9 Å². The quantitative estimate of drug-likeness (QED) is 0.0399. The van der Waals surface area contributed by atoms with Crippen molar-refractivity contribution >= 4 is 116 Å². The predicted octanol–water partition coefficient (Wildman–Crippen LogP) is 13.4. The number of nitrogens with one attached hydrogen (secondary N) is 1. The van der Waals surface area contributed by atoms with Crippen molar-refractivity contribution in [2.24, 2.45) is 55.8 Å². The summed E-state index contributed by atoms with van der Waals surface area (Å²) in [6, 6.07) is 18.9. The summed E-state index contributed by atoms with van der Waals surface area (Å²) in [5, 5.41) is 3.23. The number of rotatable bonds is 16. The lowest BCUT2D eigenvalue weighted by Crippen LogP contribution is -2.50. The highest BCUT2D eigenvalue weighted by Crippen LogP contribution is 2.69. The van der Waals surface area contributed by atoms with Gasteiger partial charge in [0.2, 0.25) is 35.0 Å². The fourth-order valence-corrected chi connectivity index (χ4v) is 19.6. The van der Waals surface area contributed by atoms with Crippen LogP contribution in [0.2, 0.25) is 0 Å². The van der Waals surface area contributed by atoms with E-state index in [0.29, 0.717) is 72.9 Å². The number of nitrogens with two attached hydrogens (primary N) is 3. The first kappa shape index (κ1) is 76.1. The molecule has 14 atom stereocenters. The van der Waals surface area contributed by atoms with Gasteiger partial charge in [0, 0.05) is 72.5 Å². The number of morpholine rings is 1. The smallest absolute Gasteiger partial charge is 0.240 e. The van der Waals surface area contributed by atoms with Gasteiger partial charge in [-0.3, -0.25) is 39.3 Å². The average Bonchev–Trinajstić information content (AvgIpc) is 1.53. The molecule has 3 aromatic heterocycles. The molecule has 6 aromatic rings. The summed E-state index contributed by atoms with van der Waals surface area (Å²) in [6.45, 7) is 26.5. The zero-order valence-corrected chi connectivity index (χ0v) is 61.8. The Bertz CT molecular complexity index is 4770. The third kappa shape index (κ3) is 14.5. The summed E-state index contributed by atoms with van der Waals surface area (Å²) < 4.78 is 112. The van der Waals surface area contributed by atoms with Crippen LogP contribution in [0.4, 0.5) is 42.1 Å². The summed E-state index contributed by atoms with van der Waals surface area (Å²) in [5.41, 5.74) is 17.9. The van der Waals surface area contributed by atoms with Gasteiger partial charge in [0.1, 0.15) is 55.2 Å². The number of halogens is 7. The van der Waals surface area contributed by atoms with Crippen LogP contribution in [0, 0.1) is 66.6 Å². The summed E-state index contributed by atoms with van der Waals surface area (Å²) in [4.78, 5) is 80.3. The Morgan fingerprint density at radius 3 is 1.52 bits per heavy atom. The van der Waals surface area contributed by atoms with E-state index in [2.05, 4.69) is 69.7 Å². The average molecular weight is 1530 g/mol. The molecular weight excluding hydrogens is 1460 g/mol. The van der Waals surface area contributed by atoms with E-state index in [4.69, 9.17) is 46.2 Å². The molecule has 5 aliphatic heterocycles. The van der Waals surface area contributed by atoms with Crippen LogP contribution in [-0.4, -0.2) is 134 Å². The molecule has 0 bridgehead atoms. The number of carbonyl (C=O) groups is 3. The van der Waals surface area contributed by atoms with Crippen LogP contribution in [-0.2, 0) is 35.7 Å². The van der Waals surface area contributed by atoms with Gasteiger partial charge < -0.3 is 41.8 Å². The Kier molecular flexibility index (Phi) is 20.8. The molecule has 0 spiro atoms. The lowest BCUT2D eigenvalue weighted by atomic mass is 9.84. The van der Waals surface area contributed by atoms with E-state index in [0.717, 1.165) is 24.6 Å². The Labute approximate surface area is 631 Å². The topological polar surface area (TPSA) is 264 Å². The SMILES string of the molecule is C#CCOc1cnc(/C(F)=C/c2ccc(F)c([C@@]3(C)N=C(N)S[C@@]4(C(=O)NCC(C)F)C[C@H]43)c2)cn1.[C-]#[N+]c1ccc(/C(F)=C/c2ccc(F)c([C@@]3(C)N=C(N)S[C@@]4(C(=O)N5CCO[C@@H]6C[C@@H]65)C[C@H]43)c2)nc1.[C-]#[N+]c1ccc(/C(F)=C/c2ccc(F)c([C@@]3(C)N=C(N)S[C@@]4(C(=O)N5CC[C@@H](C)[C@H]5C)C[C@H]43)c2)nc1. The first-order valence-corrected chi connectivity index (χ1v) is 37.2. The van der Waals surface area contributed by atoms with Crippen molar-refractivity contribution in [1.82, 2.24) is 35.1 Å². The van der Waals surface area contributed by atoms with E-state index >= 15 is 13.2 Å². The third-order valence-corrected chi connectivity index (χ3v) is 25.5. The molecule has 108 heavy (non-hydrogen) atoms. The van der Waals surface area contributed by atoms with E-state index in [1.54, 1.807) is 26.0 Å². The number of thioether (sulfide) groups is 3. The van der Waals surface area contributed by atoms with Crippen molar-refractivity contribution in [1.29, 1.82) is 0 Å². The summed E-state index contributed by atoms with van der Waals surface area (Å²) in [7, 11) is 0. The number of likely N-dealkylation sites (tertiary alicyclic amines) is 1. The number of benzene rings is 3. The monoisotopic (exact) mass is 1530 g/mol. The number of terminal acetylenes is 1. The van der Waals surface area contributed by atoms with Crippen LogP contribution in [0.5, 0.6) is 5.88 Å². The molecule has 4 saturated carbocycles. The minimum absolute atomic E-state index is 0.00782. The lowest BCUT2D eigenvalue weighted by molar-refractivity contribution is -0.136. The molecule has 6 fully saturated rings. The Morgan fingerprint density at radius 2 is 1.10 bits per heavy atom. The van der Waals surface area contributed by atoms with E-state index < -0.39 is 72.0 Å². The second kappa shape index (κ2) is 29.5. The van der Waals surface area contributed by atoms with Gasteiger partial charge in [-0.25, -0.2) is 50.4 Å². The predicted molar refractivity (Wildman–Crippen MR) is 404 cm³/mol. The number of hydrogen-bond acceptors (Lipinski definition) is 18. The zero-order valence-electron chi connectivity index (χ0n) is 59.4. The highest BCUT2D eigenvalue weighted by molar-refractivity contribution is 8.16. The lowest BCUT2D eigenvalue weighted by Gasteiger charge is -2.37. The molecule has 3 amide bonds. The second-order valence-corrected chi connectivity index (χ2v) is 32.8. The summed E-state index contributed by atoms with van der Waals surface area (Å²) >= 11 is 3.67. The molecule has 3 aromatic carbocycles. The zero-order chi connectivity index (χ0) is 77.2. The van der Waals surface area contributed by atoms with Gasteiger partial charge in [-0.15, -0.1) is 6.42 Å². The molecule has 15 rings (SSSR count). The Morgan fingerprint density at radius 1 is 0.657 bits per heavy atom. The van der Waals surface area contributed by atoms with Gasteiger partial charge in [0.15, 0.2) is 27.9 Å². The number of nitrogens with zero attached hydrogens (tertiary/aromatic N) is 11. The minimum Gasteiger partial charge on any atom is -0.463 e. The second-order valence-electron chi connectivity index (χ2n) is 28.7. The molecular formula is C78H74F7N15O5S3. The van der Waals surface area contributed by atoms with Gasteiger partial charge >= 0.3 is 0 Å². The van der Waals surface area contributed by atoms with Gasteiger partial charge in [-0.05, 0) is 156 Å². The van der Waals surface area contributed by atoms with E-state index in [1.165, 1.54) is 140 Å². The Hall–Kier alpha value is -10.1. The number of hydrogen-bond donors (Lipinski definition) is 4. The largest absolute Gasteiger partial charge is 0.463 e. The van der Waals surface area contributed by atoms with Gasteiger partial charge in [-0.2, -0.15) is 0 Å². The van der Waals surface area contributed by atoms with Gasteiger partial charge in [0.05, 0.1) is 72.3 Å². The van der Waals surface area contributed by atoms with E-state index in [-0.39, 0.29) is 122 Å². The highest BCUT2D eigenvalue weighted by atomic mass is 32.2. The highest BCUT2D eigenvalue weighted by Gasteiger charge is 2.74. The standard InChI is InChI=1S/C27H27F2N5OS.C26H23F2N5O2S.C25H24F3N5O2S/c1-15-9-10-34(16(15)2)24(35)27-13-23(27)26(3,33-25(30)36-27)19-11-17(5-7-20(19)28)12-21(29)22-8-6-18(31-4)14-32-22;1-25(16-9-14(3-5-17(16)27)10-18(28)19-6-4-15(30-2)13-31-19)22-12-26(22,36-24(29)32-25)23(34)33-7-8-35-21-11-20(21)33;1-4-7-35-21-13-30-19(12-31-21)18(28)9-15-5-6-17(27)16(8-15)24(3)20-10-25(20,36-23(29)33-24)22(34)32-11-14(2)26/h5-8,11-12,14-16,23H,9-10,13H2,1-3H3,(H2,30,33);3-6,9-10,13,20-22H,7-8,11-12H2,1H3,(H2,29,32);1,5-6,8-9,12-14,20H,7,10-11H2,2-3H3,(H2,29,33)(H,32,34)/b21-12-;18-10-;18-9-/t15-,16-,23+,26-,27+;20-,21+,22-,25+,26-;14?,20-,24+,25-/m100/s1. The number of aliphatic imine (C=N–C) groups is 3. The number of amidine groups is 3. The number of carbonyl (C=O) groups excluding carboxylic acids is 3. The van der Waals surface area contributed by atoms with Crippen LogP contribution in [0.3, 0.4) is 0 Å². The normalized spacial score (nSPS) is 29.9. The Balaban J connectivity index is 0.000000143. The van der Waals surface area contributed by atoms with Crippen LogP contribution in [0.25, 0.3) is 45.4 Å². The summed E-state index contributed by atoms with van der Waals surface area (Å²) in [5.74, 6) is -1.69. The van der Waals surface area contributed by atoms with Crippen molar-refractivity contribution in [3.63, 3.8) is 0 Å². The molecule has 2 saturated heterocycles. The van der Waals surface area contributed by atoms with Gasteiger partial charge in [-0.1, -0.05) is 78.5 Å². The number of alkyl halides is 1. The van der Waals surface area contributed by atoms with Crippen molar-refractivity contribution < 1.29 is 54.6 Å². The van der Waals surface area contributed by atoms with Crippen molar-refractivity contribution in [3.8, 4) is 18.2 Å². The summed E-state index contributed by atoms with van der Waals surface area (Å²) in [6.07, 6.45) is 16.1. The molecule has 0 radical (unpaired) electrons. The molecule has 558 valence electrons. The molecule has 8 heterocycles. The third-order valence-electron chi connectivity index (χ3n) is 21.6. The van der Waals surface area contributed by atoms with Crippen LogP contribution >= 0.6 is 35.3 Å². The molecule has 20 nitrogen and oxygen atoms in total. The first-order chi connectivity index (χ1) is 51.4. The van der Waals surface area contributed by atoms with Crippen LogP contribution < -0.4 is 27.3 Å². The molecule has 9 aliphatic rings. The number of pyridine rings is 2. The van der Waals surface area contributed by atoms with Gasteiger partial charge in [0.25, 0.3) is 0 Å². The number of aromatic nitrogens is 4. The number of amides is 3. The molecule has 1 unspecified atom stereocenters.